The van der Waals surface area contributed by atoms with Crippen LogP contribution in [0.25, 0.3) is 0 Å². The molecular formula is C21H30F3N5O2. The van der Waals surface area contributed by atoms with Crippen LogP contribution in [0, 0.1) is 17.6 Å². The van der Waals surface area contributed by atoms with Gasteiger partial charge in [-0.05, 0) is 31.2 Å². The number of hydrogen-bond acceptors (Lipinski definition) is 4. The summed E-state index contributed by atoms with van der Waals surface area (Å²) in [5, 5.41) is 9.90. The number of carbonyl (C=O) groups is 2. The Kier molecular flexibility index (Phi) is 10.7. The second-order valence-corrected chi connectivity index (χ2v) is 7.72. The van der Waals surface area contributed by atoms with Gasteiger partial charge >= 0.3 is 6.03 Å². The van der Waals surface area contributed by atoms with Crippen molar-refractivity contribution in [3.8, 4) is 0 Å². The smallest absolute Gasteiger partial charge is 0.319 e. The molecular weight excluding hydrogens is 411 g/mol. The second-order valence-electron chi connectivity index (χ2n) is 7.72. The molecule has 0 unspecified atom stereocenters. The highest BCUT2D eigenvalue weighted by molar-refractivity contribution is 6.13. The van der Waals surface area contributed by atoms with Gasteiger partial charge in [-0.1, -0.05) is 30.5 Å². The lowest BCUT2D eigenvalue weighted by Gasteiger charge is -2.28. The minimum atomic E-state index is -0.836. The summed E-state index contributed by atoms with van der Waals surface area (Å²) in [6.45, 7) is 6.98. The zero-order valence-corrected chi connectivity index (χ0v) is 18.5. The number of amides is 3. The van der Waals surface area contributed by atoms with E-state index in [1.807, 2.05) is 4.90 Å². The maximum atomic E-state index is 14.1. The average molecular weight is 441 g/mol. The van der Waals surface area contributed by atoms with Crippen LogP contribution in [0.3, 0.4) is 0 Å². The number of nitrogens with zero attached hydrogens (tertiary/aromatic N) is 2. The maximum Gasteiger partial charge on any atom is 0.319 e. The van der Waals surface area contributed by atoms with E-state index in [2.05, 4.69) is 41.9 Å². The monoisotopic (exact) mass is 441 g/mol. The molecule has 31 heavy (non-hydrogen) atoms. The van der Waals surface area contributed by atoms with Gasteiger partial charge in [-0.2, -0.15) is 0 Å². The molecule has 1 aromatic rings. The first-order chi connectivity index (χ1) is 14.6. The lowest BCUT2D eigenvalue weighted by atomic mass is 9.96. The van der Waals surface area contributed by atoms with Crippen molar-refractivity contribution in [2.24, 2.45) is 11.1 Å². The molecule has 1 heterocycles. The number of likely N-dealkylation sites (N-methyl/N-ethyl adjacent to an activating group) is 2. The molecule has 0 aliphatic carbocycles. The largest absolute Gasteiger partial charge is 0.358 e. The molecule has 10 heteroatoms. The van der Waals surface area contributed by atoms with Gasteiger partial charge in [-0.25, -0.2) is 13.6 Å². The van der Waals surface area contributed by atoms with Crippen LogP contribution in [0.1, 0.15) is 32.8 Å². The second kappa shape index (κ2) is 12.7. The lowest BCUT2D eigenvalue weighted by molar-refractivity contribution is -0.119. The van der Waals surface area contributed by atoms with E-state index >= 15 is 0 Å². The maximum absolute atomic E-state index is 14.1. The predicted octanol–water partition coefficient (Wildman–Crippen LogP) is 2.94. The van der Waals surface area contributed by atoms with Crippen molar-refractivity contribution in [3.63, 3.8) is 0 Å². The Bertz CT molecular complexity index is 838. The van der Waals surface area contributed by atoms with Crippen LogP contribution in [-0.4, -0.2) is 56.3 Å². The van der Waals surface area contributed by atoms with Gasteiger partial charge in [0.2, 0.25) is 5.91 Å². The highest BCUT2D eigenvalue weighted by Gasteiger charge is 2.25. The van der Waals surface area contributed by atoms with Crippen molar-refractivity contribution < 1.29 is 22.9 Å². The molecule has 0 bridgehead atoms. The number of benzene rings is 1. The Balaban J connectivity index is 0.00000110. The van der Waals surface area contributed by atoms with Crippen LogP contribution in [0.4, 0.5) is 18.1 Å². The summed E-state index contributed by atoms with van der Waals surface area (Å²) < 4.78 is 41.1. The fraction of sp³-hybridized carbons (Fsp3) is 0.476. The summed E-state index contributed by atoms with van der Waals surface area (Å²) in [7, 11) is 3.19. The van der Waals surface area contributed by atoms with Gasteiger partial charge in [0, 0.05) is 43.4 Å². The van der Waals surface area contributed by atoms with Crippen LogP contribution < -0.4 is 16.0 Å². The van der Waals surface area contributed by atoms with Gasteiger partial charge in [-0.15, -0.1) is 0 Å². The lowest BCUT2D eigenvalue weighted by Crippen LogP contribution is -2.43. The van der Waals surface area contributed by atoms with Crippen LogP contribution in [-0.2, 0) is 4.79 Å². The zero-order chi connectivity index (χ0) is 23.6. The first-order valence-electron chi connectivity index (χ1n) is 9.89. The molecule has 1 aliphatic heterocycles. The third-order valence-corrected chi connectivity index (χ3v) is 4.04. The van der Waals surface area contributed by atoms with Crippen LogP contribution in [0.2, 0.25) is 0 Å². The molecule has 0 aromatic heterocycles. The molecule has 0 saturated carbocycles. The molecule has 0 spiro atoms. The van der Waals surface area contributed by atoms with Gasteiger partial charge in [-0.3, -0.25) is 4.79 Å². The average Bonchev–Trinajstić information content (AvgIpc) is 2.70. The third kappa shape index (κ3) is 8.79. The van der Waals surface area contributed by atoms with Crippen LogP contribution in [0.15, 0.2) is 34.7 Å². The van der Waals surface area contributed by atoms with Gasteiger partial charge in [0.1, 0.15) is 17.3 Å². The number of rotatable bonds is 5. The zero-order valence-electron chi connectivity index (χ0n) is 18.5. The van der Waals surface area contributed by atoms with Crippen LogP contribution in [0.5, 0.6) is 0 Å². The first kappa shape index (κ1) is 26.2. The highest BCUT2D eigenvalue weighted by atomic mass is 19.2. The molecule has 3 amide bonds. The number of halogens is 3. The van der Waals surface area contributed by atoms with Gasteiger partial charge in [0.05, 0.1) is 6.54 Å². The summed E-state index contributed by atoms with van der Waals surface area (Å²) in [6, 6.07) is 1.97. The normalized spacial score (nSPS) is 14.7. The highest BCUT2D eigenvalue weighted by Crippen LogP contribution is 2.23. The third-order valence-electron chi connectivity index (χ3n) is 4.04. The number of hydrogen-bond donors (Lipinski definition) is 3. The molecule has 1 aliphatic rings. The molecule has 0 fully saturated rings. The van der Waals surface area contributed by atoms with Crippen molar-refractivity contribution in [2.45, 2.75) is 27.2 Å². The fourth-order valence-corrected chi connectivity index (χ4v) is 2.62. The summed E-state index contributed by atoms with van der Waals surface area (Å²) >= 11 is 0. The number of urea groups is 1. The Morgan fingerprint density at radius 2 is 1.87 bits per heavy atom. The predicted molar refractivity (Wildman–Crippen MR) is 114 cm³/mol. The summed E-state index contributed by atoms with van der Waals surface area (Å²) in [5.74, 6) is -1.14. The molecule has 2 rings (SSSR count). The minimum absolute atomic E-state index is 0.170. The van der Waals surface area contributed by atoms with E-state index in [4.69, 9.17) is 0 Å². The van der Waals surface area contributed by atoms with Crippen molar-refractivity contribution in [3.05, 3.63) is 46.7 Å². The van der Waals surface area contributed by atoms with E-state index in [0.717, 1.165) is 24.1 Å². The summed E-state index contributed by atoms with van der Waals surface area (Å²) in [5.41, 5.74) is -0.179. The van der Waals surface area contributed by atoms with Gasteiger partial charge < -0.3 is 20.9 Å². The van der Waals surface area contributed by atoms with E-state index in [0.29, 0.717) is 18.7 Å². The molecule has 1 aromatic carbocycles. The van der Waals surface area contributed by atoms with Crippen LogP contribution >= 0.6 is 0 Å². The Hall–Kier alpha value is -2.88. The van der Waals surface area contributed by atoms with E-state index in [-0.39, 0.29) is 29.9 Å². The minimum Gasteiger partial charge on any atom is -0.358 e. The van der Waals surface area contributed by atoms with E-state index in [1.54, 1.807) is 7.05 Å². The fourth-order valence-electron chi connectivity index (χ4n) is 2.62. The van der Waals surface area contributed by atoms with Crippen molar-refractivity contribution in [1.82, 2.24) is 20.9 Å². The van der Waals surface area contributed by atoms with E-state index < -0.39 is 23.6 Å². The van der Waals surface area contributed by atoms with Crippen molar-refractivity contribution >= 4 is 17.6 Å². The topological polar surface area (TPSA) is 85.8 Å². The summed E-state index contributed by atoms with van der Waals surface area (Å²) in [4.78, 5) is 25.0. The Labute approximate surface area is 180 Å². The van der Waals surface area contributed by atoms with Gasteiger partial charge in [0.25, 0.3) is 0 Å². The Morgan fingerprint density at radius 3 is 2.45 bits per heavy atom. The molecule has 0 atom stereocenters. The summed E-state index contributed by atoms with van der Waals surface area (Å²) in [6.07, 6.45) is 0.329. The molecule has 7 nitrogen and oxygen atoms in total. The quantitative estimate of drug-likeness (QED) is 0.614. The number of nitrogens with one attached hydrogen (secondary N) is 3. The first-order valence-corrected chi connectivity index (χ1v) is 9.89. The molecule has 0 saturated heterocycles. The van der Waals surface area contributed by atoms with Crippen molar-refractivity contribution in [1.29, 1.82) is 0 Å². The van der Waals surface area contributed by atoms with Gasteiger partial charge in [0.15, 0.2) is 0 Å². The standard InChI is InChI=1S/C17H20F3N5O2.C4H10/c1-21-15(26)8-22-17(27)23-14-5-6-25(2)9-12(14)16(24-20)11-7-10(18)3-4-13(11)19;1-4(2)3/h3-4,7H,5-6,8-9H2,1-2H3,(H,21,26)(H2,22,23,27);4H,1-3H3/b24-16+;. The molecule has 0 radical (unpaired) electrons. The molecule has 172 valence electrons. The molecule has 3 N–H and O–H groups in total. The van der Waals surface area contributed by atoms with E-state index in [9.17, 15) is 22.9 Å². The van der Waals surface area contributed by atoms with E-state index in [1.165, 1.54) is 7.05 Å². The number of carbonyl (C=O) groups excluding carboxylic acids is 2. The Morgan fingerprint density at radius 1 is 1.23 bits per heavy atom. The SMILES string of the molecule is CC(C)C.CNC(=O)CNC(=O)NC1=C(/C(=N/F)c2cc(F)ccc2F)CN(C)CC1. The van der Waals surface area contributed by atoms with Crippen molar-refractivity contribution in [2.75, 3.05) is 33.7 Å².